The van der Waals surface area contributed by atoms with Crippen LogP contribution in [0.3, 0.4) is 0 Å². The molecule has 0 radical (unpaired) electrons. The molecule has 8 heteroatoms. The molecule has 0 spiro atoms. The number of nitrogens with one attached hydrogen (secondary N) is 1. The highest BCUT2D eigenvalue weighted by Gasteiger charge is 2.22. The van der Waals surface area contributed by atoms with Gasteiger partial charge in [0.25, 0.3) is 5.91 Å². The van der Waals surface area contributed by atoms with Crippen molar-refractivity contribution in [3.63, 3.8) is 0 Å². The first kappa shape index (κ1) is 19.2. The number of piperazine rings is 1. The Morgan fingerprint density at radius 2 is 2.00 bits per heavy atom. The molecule has 8 nitrogen and oxygen atoms in total. The van der Waals surface area contributed by atoms with Crippen molar-refractivity contribution in [2.45, 2.75) is 32.9 Å². The Balaban J connectivity index is 1.74. The third-order valence-corrected chi connectivity index (χ3v) is 5.30. The molecule has 0 unspecified atom stereocenters. The van der Waals surface area contributed by atoms with Crippen molar-refractivity contribution >= 4 is 17.2 Å². The summed E-state index contributed by atoms with van der Waals surface area (Å²) in [6.45, 7) is 8.20. The first-order chi connectivity index (χ1) is 13.9. The van der Waals surface area contributed by atoms with E-state index in [0.29, 0.717) is 29.0 Å². The number of imidazole rings is 1. The van der Waals surface area contributed by atoms with Gasteiger partial charge in [0.1, 0.15) is 11.4 Å². The Bertz CT molecular complexity index is 1050. The van der Waals surface area contributed by atoms with Crippen LogP contribution in [0.2, 0.25) is 0 Å². The van der Waals surface area contributed by atoms with E-state index < -0.39 is 5.91 Å². The van der Waals surface area contributed by atoms with Crippen molar-refractivity contribution in [2.75, 3.05) is 25.1 Å². The normalized spacial score (nSPS) is 19.5. The van der Waals surface area contributed by atoms with Gasteiger partial charge in [-0.25, -0.2) is 4.98 Å². The molecular formula is C21H26N6O2. The van der Waals surface area contributed by atoms with Gasteiger partial charge in [0, 0.05) is 37.4 Å². The fourth-order valence-electron chi connectivity index (χ4n) is 4.10. The van der Waals surface area contributed by atoms with Crippen molar-refractivity contribution in [1.29, 1.82) is 0 Å². The Hall–Kier alpha value is -3.13. The highest BCUT2D eigenvalue weighted by Crippen LogP contribution is 2.29. The Morgan fingerprint density at radius 1 is 1.28 bits per heavy atom. The molecule has 3 aromatic rings. The van der Waals surface area contributed by atoms with Gasteiger partial charge in [-0.3, -0.25) is 14.2 Å². The summed E-state index contributed by atoms with van der Waals surface area (Å²) in [5.41, 5.74) is 10.0. The van der Waals surface area contributed by atoms with Crippen LogP contribution in [0.15, 0.2) is 30.6 Å². The third kappa shape index (κ3) is 3.51. The number of primary amides is 1. The maximum Gasteiger partial charge on any atom is 0.253 e. The van der Waals surface area contributed by atoms with E-state index in [-0.39, 0.29) is 0 Å². The van der Waals surface area contributed by atoms with Crippen LogP contribution in [0.5, 0.6) is 5.75 Å². The average molecular weight is 394 g/mol. The van der Waals surface area contributed by atoms with Gasteiger partial charge in [-0.2, -0.15) is 0 Å². The SMILES string of the molecule is COc1cc2nc(C)c(-c3ccc(N4C[C@@H](C)N[C@@H](C)C4)cn3)n2cc1C(N)=O. The first-order valence-electron chi connectivity index (χ1n) is 9.71. The summed E-state index contributed by atoms with van der Waals surface area (Å²) in [6, 6.07) is 6.67. The van der Waals surface area contributed by atoms with Crippen LogP contribution in [0.1, 0.15) is 29.9 Å². The second-order valence-electron chi connectivity index (χ2n) is 7.67. The molecule has 2 atom stereocenters. The number of rotatable bonds is 4. The van der Waals surface area contributed by atoms with Crippen LogP contribution in [0.4, 0.5) is 5.69 Å². The topological polar surface area (TPSA) is 97.8 Å². The summed E-state index contributed by atoms with van der Waals surface area (Å²) < 4.78 is 7.13. The van der Waals surface area contributed by atoms with Crippen molar-refractivity contribution in [2.24, 2.45) is 5.73 Å². The third-order valence-electron chi connectivity index (χ3n) is 5.30. The number of methoxy groups -OCH3 is 1. The zero-order valence-corrected chi connectivity index (χ0v) is 17.1. The van der Waals surface area contributed by atoms with E-state index in [1.807, 2.05) is 23.6 Å². The number of fused-ring (bicyclic) bond motifs is 1. The van der Waals surface area contributed by atoms with Crippen molar-refractivity contribution in [3.05, 3.63) is 41.9 Å². The summed E-state index contributed by atoms with van der Waals surface area (Å²) >= 11 is 0. The number of nitrogens with two attached hydrogens (primary N) is 1. The number of anilines is 1. The predicted octanol–water partition coefficient (Wildman–Crippen LogP) is 2.00. The summed E-state index contributed by atoms with van der Waals surface area (Å²) in [4.78, 5) is 23.5. The van der Waals surface area contributed by atoms with Crippen LogP contribution < -0.4 is 20.7 Å². The number of hydrogen-bond acceptors (Lipinski definition) is 6. The zero-order valence-electron chi connectivity index (χ0n) is 17.1. The minimum absolute atomic E-state index is 0.305. The van der Waals surface area contributed by atoms with Crippen LogP contribution in [0.25, 0.3) is 17.0 Å². The van der Waals surface area contributed by atoms with Gasteiger partial charge in [-0.05, 0) is 32.9 Å². The number of carbonyl (C=O) groups is 1. The highest BCUT2D eigenvalue weighted by atomic mass is 16.5. The van der Waals surface area contributed by atoms with E-state index in [0.717, 1.165) is 35.9 Å². The quantitative estimate of drug-likeness (QED) is 0.702. The molecule has 1 amide bonds. The molecule has 0 saturated carbocycles. The molecule has 0 aliphatic carbocycles. The van der Waals surface area contributed by atoms with Gasteiger partial charge in [-0.1, -0.05) is 0 Å². The molecule has 1 aliphatic heterocycles. The molecule has 0 aromatic carbocycles. The Labute approximate surface area is 169 Å². The van der Waals surface area contributed by atoms with Crippen LogP contribution in [-0.2, 0) is 0 Å². The van der Waals surface area contributed by atoms with Gasteiger partial charge in [0.2, 0.25) is 0 Å². The van der Waals surface area contributed by atoms with Crippen molar-refractivity contribution in [1.82, 2.24) is 19.7 Å². The van der Waals surface area contributed by atoms with Crippen LogP contribution >= 0.6 is 0 Å². The highest BCUT2D eigenvalue weighted by molar-refractivity contribution is 5.96. The van der Waals surface area contributed by atoms with Gasteiger partial charge in [0.15, 0.2) is 0 Å². The standard InChI is InChI=1S/C21H26N6O2/c1-12-9-26(10-13(2)24-12)15-5-6-17(23-8-15)20-14(3)25-19-7-18(29-4)16(21(22)28)11-27(19)20/h5-8,11-13,24H,9-10H2,1-4H3,(H2,22,28)/t12-,13+. The Kier molecular flexibility index (Phi) is 4.87. The molecule has 4 heterocycles. The number of aromatic nitrogens is 3. The summed E-state index contributed by atoms with van der Waals surface area (Å²) in [5, 5.41) is 3.54. The number of ether oxygens (including phenoxy) is 1. The van der Waals surface area contributed by atoms with E-state index in [4.69, 9.17) is 15.5 Å². The van der Waals surface area contributed by atoms with E-state index in [1.54, 1.807) is 12.3 Å². The molecule has 29 heavy (non-hydrogen) atoms. The summed E-state index contributed by atoms with van der Waals surface area (Å²) in [5.74, 6) is -0.141. The van der Waals surface area contributed by atoms with Crippen LogP contribution in [-0.4, -0.2) is 52.6 Å². The van der Waals surface area contributed by atoms with Crippen LogP contribution in [0, 0.1) is 6.92 Å². The number of nitrogens with zero attached hydrogens (tertiary/aromatic N) is 4. The van der Waals surface area contributed by atoms with E-state index in [1.165, 1.54) is 7.11 Å². The average Bonchev–Trinajstić information content (AvgIpc) is 3.00. The number of hydrogen-bond donors (Lipinski definition) is 2. The van der Waals surface area contributed by atoms with Gasteiger partial charge in [0.05, 0.1) is 41.6 Å². The van der Waals surface area contributed by atoms with Crippen molar-refractivity contribution in [3.8, 4) is 17.1 Å². The minimum atomic E-state index is -0.550. The smallest absolute Gasteiger partial charge is 0.253 e. The maximum atomic E-state index is 11.8. The number of aryl methyl sites for hydroxylation is 1. The Morgan fingerprint density at radius 3 is 2.59 bits per heavy atom. The number of carbonyl (C=O) groups excluding carboxylic acids is 1. The fourth-order valence-corrected chi connectivity index (χ4v) is 4.10. The van der Waals surface area contributed by atoms with Gasteiger partial charge < -0.3 is 20.7 Å². The van der Waals surface area contributed by atoms with Gasteiger partial charge in [-0.15, -0.1) is 0 Å². The zero-order chi connectivity index (χ0) is 20.7. The number of amides is 1. The van der Waals surface area contributed by atoms with Crippen molar-refractivity contribution < 1.29 is 9.53 Å². The summed E-state index contributed by atoms with van der Waals surface area (Å²) in [6.07, 6.45) is 3.57. The molecule has 4 rings (SSSR count). The lowest BCUT2D eigenvalue weighted by Gasteiger charge is -2.37. The lowest BCUT2D eigenvalue weighted by Crippen LogP contribution is -2.54. The minimum Gasteiger partial charge on any atom is -0.496 e. The van der Waals surface area contributed by atoms with E-state index >= 15 is 0 Å². The molecule has 1 saturated heterocycles. The lowest BCUT2D eigenvalue weighted by atomic mass is 10.1. The largest absolute Gasteiger partial charge is 0.496 e. The van der Waals surface area contributed by atoms with E-state index in [2.05, 4.69) is 35.1 Å². The molecule has 3 N–H and O–H groups in total. The second-order valence-corrected chi connectivity index (χ2v) is 7.67. The molecule has 0 bridgehead atoms. The fraction of sp³-hybridized carbons (Fsp3) is 0.381. The summed E-state index contributed by atoms with van der Waals surface area (Å²) in [7, 11) is 1.51. The lowest BCUT2D eigenvalue weighted by molar-refractivity contribution is 0.0997. The molecule has 1 aliphatic rings. The van der Waals surface area contributed by atoms with E-state index in [9.17, 15) is 4.79 Å². The molecule has 3 aromatic heterocycles. The second kappa shape index (κ2) is 7.36. The molecule has 152 valence electrons. The number of pyridine rings is 2. The first-order valence-corrected chi connectivity index (χ1v) is 9.71. The molecular weight excluding hydrogens is 368 g/mol. The maximum absolute atomic E-state index is 11.8. The molecule has 1 fully saturated rings. The predicted molar refractivity (Wildman–Crippen MR) is 113 cm³/mol. The van der Waals surface area contributed by atoms with Gasteiger partial charge >= 0.3 is 0 Å². The monoisotopic (exact) mass is 394 g/mol.